The highest BCUT2D eigenvalue weighted by Gasteiger charge is 2.21. The molecule has 0 amide bonds. The highest BCUT2D eigenvalue weighted by atomic mass is 16.6. The number of rotatable bonds is 3. The topological polar surface area (TPSA) is 38.7 Å². The summed E-state index contributed by atoms with van der Waals surface area (Å²) in [7, 11) is 0. The Bertz CT molecular complexity index is 387. The normalized spacial score (nSPS) is 17.9. The van der Waals surface area contributed by atoms with E-state index in [1.807, 2.05) is 18.2 Å². The molecule has 2 unspecified atom stereocenters. The quantitative estimate of drug-likeness (QED) is 0.877. The van der Waals surface area contributed by atoms with Crippen molar-refractivity contribution in [1.29, 1.82) is 0 Å². The molecule has 17 heavy (non-hydrogen) atoms. The molecule has 94 valence electrons. The van der Waals surface area contributed by atoms with Gasteiger partial charge in [0, 0.05) is 0 Å². The molecule has 1 heterocycles. The summed E-state index contributed by atoms with van der Waals surface area (Å²) in [6.45, 7) is 7.47. The van der Waals surface area contributed by atoms with Crippen LogP contribution < -0.4 is 9.47 Å². The second-order valence-electron chi connectivity index (χ2n) is 4.95. The third-order valence-electron chi connectivity index (χ3n) is 3.46. The molecule has 1 N–H and O–H groups in total. The molecule has 0 spiro atoms. The summed E-state index contributed by atoms with van der Waals surface area (Å²) in [5, 5.41) is 10.3. The van der Waals surface area contributed by atoms with Crippen molar-refractivity contribution in [2.75, 3.05) is 13.2 Å². The van der Waals surface area contributed by atoms with Crippen LogP contribution in [-0.2, 0) is 0 Å². The monoisotopic (exact) mass is 236 g/mol. The van der Waals surface area contributed by atoms with Gasteiger partial charge in [-0.2, -0.15) is 0 Å². The standard InChI is InChI=1S/C14H20O3/c1-9(2)10(3)14(15)11-4-5-12-13(8-11)17-7-6-16-12/h4-5,8-10,14-15H,6-7H2,1-3H3. The molecule has 0 radical (unpaired) electrons. The Morgan fingerprint density at radius 2 is 1.71 bits per heavy atom. The van der Waals surface area contributed by atoms with Crippen LogP contribution in [0, 0.1) is 11.8 Å². The fourth-order valence-electron chi connectivity index (χ4n) is 1.91. The van der Waals surface area contributed by atoms with Crippen LogP contribution in [0.25, 0.3) is 0 Å². The van der Waals surface area contributed by atoms with E-state index in [4.69, 9.17) is 9.47 Å². The van der Waals surface area contributed by atoms with Crippen molar-refractivity contribution in [3.8, 4) is 11.5 Å². The van der Waals surface area contributed by atoms with Crippen LogP contribution in [0.3, 0.4) is 0 Å². The Morgan fingerprint density at radius 3 is 2.35 bits per heavy atom. The predicted molar refractivity (Wildman–Crippen MR) is 66.4 cm³/mol. The molecule has 0 aliphatic carbocycles. The van der Waals surface area contributed by atoms with Crippen molar-refractivity contribution in [1.82, 2.24) is 0 Å². The second-order valence-corrected chi connectivity index (χ2v) is 4.95. The lowest BCUT2D eigenvalue weighted by Crippen LogP contribution is -2.17. The number of aliphatic hydroxyl groups is 1. The van der Waals surface area contributed by atoms with Crippen LogP contribution >= 0.6 is 0 Å². The van der Waals surface area contributed by atoms with Crippen LogP contribution in [-0.4, -0.2) is 18.3 Å². The molecule has 3 heteroatoms. The molecule has 0 bridgehead atoms. The largest absolute Gasteiger partial charge is 0.486 e. The molecule has 0 aromatic heterocycles. The maximum absolute atomic E-state index is 10.3. The smallest absolute Gasteiger partial charge is 0.161 e. The van der Waals surface area contributed by atoms with E-state index >= 15 is 0 Å². The lowest BCUT2D eigenvalue weighted by molar-refractivity contribution is 0.0912. The average Bonchev–Trinajstić information content (AvgIpc) is 2.36. The molecular weight excluding hydrogens is 216 g/mol. The lowest BCUT2D eigenvalue weighted by Gasteiger charge is -2.24. The molecule has 1 aliphatic heterocycles. The van der Waals surface area contributed by atoms with Gasteiger partial charge in [0.1, 0.15) is 13.2 Å². The summed E-state index contributed by atoms with van der Waals surface area (Å²) < 4.78 is 11.0. The van der Waals surface area contributed by atoms with E-state index in [9.17, 15) is 5.11 Å². The maximum atomic E-state index is 10.3. The van der Waals surface area contributed by atoms with Crippen molar-refractivity contribution in [2.45, 2.75) is 26.9 Å². The number of ether oxygens (including phenoxy) is 2. The molecule has 2 rings (SSSR count). The molecule has 1 aromatic rings. The summed E-state index contributed by atoms with van der Waals surface area (Å²) in [5.74, 6) is 2.17. The Morgan fingerprint density at radius 1 is 1.06 bits per heavy atom. The zero-order valence-corrected chi connectivity index (χ0v) is 10.6. The Balaban J connectivity index is 2.21. The summed E-state index contributed by atoms with van der Waals surface area (Å²) in [5.41, 5.74) is 0.899. The van der Waals surface area contributed by atoms with E-state index in [1.54, 1.807) is 0 Å². The van der Waals surface area contributed by atoms with Gasteiger partial charge in [0.15, 0.2) is 11.5 Å². The van der Waals surface area contributed by atoms with Crippen LogP contribution in [0.15, 0.2) is 18.2 Å². The molecular formula is C14H20O3. The molecule has 0 fully saturated rings. The molecule has 0 saturated carbocycles. The van der Waals surface area contributed by atoms with Gasteiger partial charge in [0.2, 0.25) is 0 Å². The van der Waals surface area contributed by atoms with Crippen molar-refractivity contribution in [3.05, 3.63) is 23.8 Å². The minimum atomic E-state index is -0.453. The average molecular weight is 236 g/mol. The number of hydrogen-bond acceptors (Lipinski definition) is 3. The van der Waals surface area contributed by atoms with Gasteiger partial charge in [0.05, 0.1) is 6.10 Å². The van der Waals surface area contributed by atoms with Crippen LogP contribution in [0.5, 0.6) is 11.5 Å². The van der Waals surface area contributed by atoms with Gasteiger partial charge in [-0.15, -0.1) is 0 Å². The lowest BCUT2D eigenvalue weighted by atomic mass is 9.88. The fraction of sp³-hybridized carbons (Fsp3) is 0.571. The Kier molecular flexibility index (Phi) is 3.57. The number of benzene rings is 1. The summed E-state index contributed by atoms with van der Waals surface area (Å²) in [6.07, 6.45) is -0.453. The molecule has 3 nitrogen and oxygen atoms in total. The van der Waals surface area contributed by atoms with E-state index in [-0.39, 0.29) is 5.92 Å². The van der Waals surface area contributed by atoms with E-state index in [0.717, 1.165) is 17.1 Å². The first-order chi connectivity index (χ1) is 8.09. The molecule has 1 aliphatic rings. The van der Waals surface area contributed by atoms with Crippen molar-refractivity contribution >= 4 is 0 Å². The Hall–Kier alpha value is -1.22. The van der Waals surface area contributed by atoms with Crippen LogP contribution in [0.1, 0.15) is 32.4 Å². The highest BCUT2D eigenvalue weighted by Crippen LogP contribution is 2.35. The van der Waals surface area contributed by atoms with E-state index < -0.39 is 6.10 Å². The molecule has 2 atom stereocenters. The third-order valence-corrected chi connectivity index (χ3v) is 3.46. The van der Waals surface area contributed by atoms with E-state index in [1.165, 1.54) is 0 Å². The number of hydrogen-bond donors (Lipinski definition) is 1. The van der Waals surface area contributed by atoms with Crippen molar-refractivity contribution < 1.29 is 14.6 Å². The molecule has 1 aromatic carbocycles. The summed E-state index contributed by atoms with van der Waals surface area (Å²) >= 11 is 0. The minimum absolute atomic E-state index is 0.220. The zero-order valence-electron chi connectivity index (χ0n) is 10.6. The van der Waals surface area contributed by atoms with Gasteiger partial charge in [-0.1, -0.05) is 26.8 Å². The number of fused-ring (bicyclic) bond motifs is 1. The van der Waals surface area contributed by atoms with E-state index in [2.05, 4.69) is 20.8 Å². The molecule has 0 saturated heterocycles. The summed E-state index contributed by atoms with van der Waals surface area (Å²) in [4.78, 5) is 0. The SMILES string of the molecule is CC(C)C(C)C(O)c1ccc2c(c1)OCCO2. The van der Waals surface area contributed by atoms with Gasteiger partial charge in [-0.05, 0) is 29.5 Å². The minimum Gasteiger partial charge on any atom is -0.486 e. The number of aliphatic hydroxyl groups excluding tert-OH is 1. The predicted octanol–water partition coefficient (Wildman–Crippen LogP) is 2.78. The third kappa shape index (κ3) is 2.55. The van der Waals surface area contributed by atoms with Gasteiger partial charge in [0.25, 0.3) is 0 Å². The first-order valence-electron chi connectivity index (χ1n) is 6.17. The fourth-order valence-corrected chi connectivity index (χ4v) is 1.91. The van der Waals surface area contributed by atoms with Gasteiger partial charge in [-0.3, -0.25) is 0 Å². The van der Waals surface area contributed by atoms with E-state index in [0.29, 0.717) is 19.1 Å². The second kappa shape index (κ2) is 4.96. The maximum Gasteiger partial charge on any atom is 0.161 e. The summed E-state index contributed by atoms with van der Waals surface area (Å²) in [6, 6.07) is 5.68. The zero-order chi connectivity index (χ0) is 12.4. The van der Waals surface area contributed by atoms with Crippen LogP contribution in [0.2, 0.25) is 0 Å². The highest BCUT2D eigenvalue weighted by molar-refractivity contribution is 5.44. The Labute approximate surface area is 102 Å². The first-order valence-corrected chi connectivity index (χ1v) is 6.17. The van der Waals surface area contributed by atoms with Gasteiger partial charge < -0.3 is 14.6 Å². The van der Waals surface area contributed by atoms with Crippen molar-refractivity contribution in [3.63, 3.8) is 0 Å². The van der Waals surface area contributed by atoms with Crippen LogP contribution in [0.4, 0.5) is 0 Å². The van der Waals surface area contributed by atoms with Gasteiger partial charge in [-0.25, -0.2) is 0 Å². The first kappa shape index (κ1) is 12.2. The van der Waals surface area contributed by atoms with Gasteiger partial charge >= 0.3 is 0 Å². The van der Waals surface area contributed by atoms with Crippen molar-refractivity contribution in [2.24, 2.45) is 11.8 Å².